The fourth-order valence-corrected chi connectivity index (χ4v) is 2.25. The highest BCUT2D eigenvalue weighted by Gasteiger charge is 2.12. The van der Waals surface area contributed by atoms with Crippen LogP contribution in [0.3, 0.4) is 0 Å². The van der Waals surface area contributed by atoms with E-state index in [0.29, 0.717) is 0 Å². The monoisotopic (exact) mass is 234 g/mol. The minimum Gasteiger partial charge on any atom is -0.478 e. The normalized spacial score (nSPS) is 16.3. The number of likely N-dealkylation sites (tertiary alicyclic amines) is 1. The highest BCUT2D eigenvalue weighted by Crippen LogP contribution is 2.12. The largest absolute Gasteiger partial charge is 0.478 e. The van der Waals surface area contributed by atoms with Crippen LogP contribution in [-0.2, 0) is 6.42 Å². The van der Waals surface area contributed by atoms with Crippen molar-refractivity contribution in [2.75, 3.05) is 19.6 Å². The van der Waals surface area contributed by atoms with Crippen LogP contribution in [0.1, 0.15) is 34.5 Å². The van der Waals surface area contributed by atoms with Crippen molar-refractivity contribution >= 4 is 5.97 Å². The third-order valence-corrected chi connectivity index (χ3v) is 3.30. The van der Waals surface area contributed by atoms with Gasteiger partial charge in [0.1, 0.15) is 0 Å². The van der Waals surface area contributed by atoms with E-state index in [9.17, 15) is 4.79 Å². The van der Waals surface area contributed by atoms with E-state index < -0.39 is 5.97 Å². The van der Waals surface area contributed by atoms with Crippen LogP contribution in [0.5, 0.6) is 0 Å². The van der Waals surface area contributed by atoms with Crippen molar-refractivity contribution in [3.8, 4) is 0 Å². The molecule has 0 spiro atoms. The van der Waals surface area contributed by atoms with Crippen LogP contribution < -0.4 is 0 Å². The maximum atomic E-state index is 10.8. The molecule has 2 rings (SSSR count). The van der Waals surface area contributed by atoms with Gasteiger partial charge in [-0.1, -0.05) is 0 Å². The molecule has 17 heavy (non-hydrogen) atoms. The third kappa shape index (κ3) is 3.03. The molecule has 0 radical (unpaired) electrons. The number of aryl methyl sites for hydroxylation is 1. The number of carboxylic acids is 1. The first kappa shape index (κ1) is 12.0. The van der Waals surface area contributed by atoms with Crippen molar-refractivity contribution in [1.82, 2.24) is 9.88 Å². The van der Waals surface area contributed by atoms with Crippen molar-refractivity contribution in [1.29, 1.82) is 0 Å². The van der Waals surface area contributed by atoms with Gasteiger partial charge in [0, 0.05) is 24.9 Å². The Morgan fingerprint density at radius 2 is 2.18 bits per heavy atom. The fraction of sp³-hybridized carbons (Fsp3) is 0.538. The zero-order valence-electron chi connectivity index (χ0n) is 10.1. The van der Waals surface area contributed by atoms with Crippen LogP contribution in [0.4, 0.5) is 0 Å². The quantitative estimate of drug-likeness (QED) is 0.862. The highest BCUT2D eigenvalue weighted by molar-refractivity contribution is 5.87. The first-order valence-corrected chi connectivity index (χ1v) is 6.08. The topological polar surface area (TPSA) is 53.4 Å². The van der Waals surface area contributed by atoms with Gasteiger partial charge < -0.3 is 10.0 Å². The molecule has 4 nitrogen and oxygen atoms in total. The van der Waals surface area contributed by atoms with Gasteiger partial charge in [-0.3, -0.25) is 4.98 Å². The van der Waals surface area contributed by atoms with E-state index in [4.69, 9.17) is 5.11 Å². The molecule has 1 aromatic heterocycles. The first-order chi connectivity index (χ1) is 8.16. The Morgan fingerprint density at radius 1 is 1.47 bits per heavy atom. The molecule has 2 heterocycles. The van der Waals surface area contributed by atoms with Gasteiger partial charge in [0.05, 0.1) is 5.56 Å². The number of hydrogen-bond acceptors (Lipinski definition) is 3. The zero-order chi connectivity index (χ0) is 12.3. The molecule has 0 amide bonds. The van der Waals surface area contributed by atoms with Gasteiger partial charge >= 0.3 is 5.97 Å². The summed E-state index contributed by atoms with van der Waals surface area (Å²) >= 11 is 0. The average molecular weight is 234 g/mol. The maximum Gasteiger partial charge on any atom is 0.337 e. The van der Waals surface area contributed by atoms with Gasteiger partial charge in [-0.2, -0.15) is 0 Å². The van der Waals surface area contributed by atoms with Gasteiger partial charge in [-0.25, -0.2) is 4.79 Å². The predicted octanol–water partition coefficient (Wildman–Crippen LogP) is 1.73. The lowest BCUT2D eigenvalue weighted by atomic mass is 10.1. The summed E-state index contributed by atoms with van der Waals surface area (Å²) in [4.78, 5) is 17.5. The second-order valence-electron chi connectivity index (χ2n) is 4.59. The lowest BCUT2D eigenvalue weighted by molar-refractivity contribution is 0.0696. The fourth-order valence-electron chi connectivity index (χ4n) is 2.25. The van der Waals surface area contributed by atoms with Gasteiger partial charge in [0.2, 0.25) is 0 Å². The Kier molecular flexibility index (Phi) is 3.74. The Balaban J connectivity index is 1.98. The molecule has 1 aliphatic rings. The van der Waals surface area contributed by atoms with E-state index >= 15 is 0 Å². The zero-order valence-corrected chi connectivity index (χ0v) is 10.1. The van der Waals surface area contributed by atoms with Crippen LogP contribution in [-0.4, -0.2) is 40.6 Å². The lowest BCUT2D eigenvalue weighted by Gasteiger charge is -2.14. The van der Waals surface area contributed by atoms with E-state index in [0.717, 1.165) is 24.2 Å². The standard InChI is InChI=1S/C13H18N2O2/c1-10-8-11(13(16)17)9-14-12(10)4-7-15-5-2-3-6-15/h8-9H,2-7H2,1H3,(H,16,17). The van der Waals surface area contributed by atoms with Crippen molar-refractivity contribution < 1.29 is 9.90 Å². The number of nitrogens with zero attached hydrogens (tertiary/aromatic N) is 2. The van der Waals surface area contributed by atoms with E-state index in [1.165, 1.54) is 32.1 Å². The summed E-state index contributed by atoms with van der Waals surface area (Å²) in [6, 6.07) is 1.70. The van der Waals surface area contributed by atoms with Crippen LogP contribution in [0.15, 0.2) is 12.3 Å². The van der Waals surface area contributed by atoms with E-state index in [2.05, 4.69) is 9.88 Å². The molecule has 1 aromatic rings. The van der Waals surface area contributed by atoms with Crippen LogP contribution in [0.2, 0.25) is 0 Å². The van der Waals surface area contributed by atoms with Crippen LogP contribution in [0.25, 0.3) is 0 Å². The Bertz CT molecular complexity index is 412. The molecule has 0 bridgehead atoms. The van der Waals surface area contributed by atoms with E-state index in [1.54, 1.807) is 6.07 Å². The number of carboxylic acid groups (broad SMARTS) is 1. The number of pyridine rings is 1. The summed E-state index contributed by atoms with van der Waals surface area (Å²) in [5, 5.41) is 8.85. The summed E-state index contributed by atoms with van der Waals surface area (Å²) in [6.45, 7) is 5.33. The predicted molar refractivity (Wildman–Crippen MR) is 65.3 cm³/mol. The molecule has 0 unspecified atom stereocenters. The van der Waals surface area contributed by atoms with E-state index in [-0.39, 0.29) is 5.56 Å². The molecular formula is C13H18N2O2. The number of hydrogen-bond donors (Lipinski definition) is 1. The minimum absolute atomic E-state index is 0.271. The molecule has 0 atom stereocenters. The summed E-state index contributed by atoms with van der Waals surface area (Å²) < 4.78 is 0. The Morgan fingerprint density at radius 3 is 2.76 bits per heavy atom. The maximum absolute atomic E-state index is 10.8. The van der Waals surface area contributed by atoms with Gasteiger partial charge in [-0.15, -0.1) is 0 Å². The number of aromatic nitrogens is 1. The van der Waals surface area contributed by atoms with E-state index in [1.807, 2.05) is 6.92 Å². The summed E-state index contributed by atoms with van der Waals surface area (Å²) in [5.41, 5.74) is 2.26. The SMILES string of the molecule is Cc1cc(C(=O)O)cnc1CCN1CCCC1. The third-order valence-electron chi connectivity index (χ3n) is 3.30. The minimum atomic E-state index is -0.910. The Labute approximate surface area is 101 Å². The first-order valence-electron chi connectivity index (χ1n) is 6.08. The smallest absolute Gasteiger partial charge is 0.337 e. The summed E-state index contributed by atoms with van der Waals surface area (Å²) in [5.74, 6) is -0.910. The van der Waals surface area contributed by atoms with Gasteiger partial charge in [0.15, 0.2) is 0 Å². The van der Waals surface area contributed by atoms with Crippen LogP contribution >= 0.6 is 0 Å². The molecule has 1 N–H and O–H groups in total. The Hall–Kier alpha value is -1.42. The number of rotatable bonds is 4. The van der Waals surface area contributed by atoms with Crippen molar-refractivity contribution in [2.45, 2.75) is 26.2 Å². The average Bonchev–Trinajstić information content (AvgIpc) is 2.80. The van der Waals surface area contributed by atoms with Gasteiger partial charge in [0.25, 0.3) is 0 Å². The van der Waals surface area contributed by atoms with Crippen LogP contribution in [0, 0.1) is 6.92 Å². The summed E-state index contributed by atoms with van der Waals surface area (Å²) in [7, 11) is 0. The second kappa shape index (κ2) is 5.27. The van der Waals surface area contributed by atoms with Crippen molar-refractivity contribution in [3.05, 3.63) is 29.1 Å². The van der Waals surface area contributed by atoms with Crippen molar-refractivity contribution in [3.63, 3.8) is 0 Å². The molecule has 0 aromatic carbocycles. The summed E-state index contributed by atoms with van der Waals surface area (Å²) in [6.07, 6.45) is 4.95. The molecule has 92 valence electrons. The lowest BCUT2D eigenvalue weighted by Crippen LogP contribution is -2.22. The number of carbonyl (C=O) groups is 1. The molecule has 1 saturated heterocycles. The molecule has 1 aliphatic heterocycles. The molecular weight excluding hydrogens is 216 g/mol. The molecule has 4 heteroatoms. The van der Waals surface area contributed by atoms with Gasteiger partial charge in [-0.05, 0) is 44.5 Å². The second-order valence-corrected chi connectivity index (χ2v) is 4.59. The number of aromatic carboxylic acids is 1. The van der Waals surface area contributed by atoms with Crippen molar-refractivity contribution in [2.24, 2.45) is 0 Å². The molecule has 0 saturated carbocycles. The molecule has 0 aliphatic carbocycles. The molecule has 1 fully saturated rings. The highest BCUT2D eigenvalue weighted by atomic mass is 16.4.